The summed E-state index contributed by atoms with van der Waals surface area (Å²) in [6, 6.07) is 8.04. The van der Waals surface area contributed by atoms with E-state index in [-0.39, 0.29) is 6.29 Å². The molecule has 0 aliphatic rings. The van der Waals surface area contributed by atoms with E-state index in [9.17, 15) is 0 Å². The van der Waals surface area contributed by atoms with Gasteiger partial charge in [-0.15, -0.1) is 0 Å². The van der Waals surface area contributed by atoms with Gasteiger partial charge < -0.3 is 9.47 Å². The average molecular weight is 232 g/mol. The highest BCUT2D eigenvalue weighted by Crippen LogP contribution is 2.14. The summed E-state index contributed by atoms with van der Waals surface area (Å²) < 4.78 is 11.0. The molecule has 0 amide bonds. The Balaban J connectivity index is 2.57. The average Bonchev–Trinajstić information content (AvgIpc) is 2.37. The van der Waals surface area contributed by atoms with Crippen LogP contribution in [0.25, 0.3) is 6.08 Å². The summed E-state index contributed by atoms with van der Waals surface area (Å²) in [7, 11) is 0. The van der Waals surface area contributed by atoms with Crippen molar-refractivity contribution in [2.75, 3.05) is 0 Å². The van der Waals surface area contributed by atoms with Crippen molar-refractivity contribution in [1.82, 2.24) is 0 Å². The van der Waals surface area contributed by atoms with Crippen molar-refractivity contribution in [3.63, 3.8) is 0 Å². The van der Waals surface area contributed by atoms with Gasteiger partial charge in [0, 0.05) is 6.42 Å². The van der Waals surface area contributed by atoms with E-state index in [1.54, 1.807) is 0 Å². The van der Waals surface area contributed by atoms with Crippen molar-refractivity contribution < 1.29 is 9.47 Å². The molecule has 2 nitrogen and oxygen atoms in total. The second-order valence-corrected chi connectivity index (χ2v) is 3.73. The topological polar surface area (TPSA) is 18.5 Å². The van der Waals surface area contributed by atoms with Crippen LogP contribution in [0.3, 0.4) is 0 Å². The Morgan fingerprint density at radius 1 is 1.29 bits per heavy atom. The number of rotatable bonds is 8. The Morgan fingerprint density at radius 2 is 2.06 bits per heavy atom. The van der Waals surface area contributed by atoms with E-state index in [4.69, 9.17) is 9.47 Å². The van der Waals surface area contributed by atoms with E-state index in [1.165, 1.54) is 6.26 Å². The van der Waals surface area contributed by atoms with E-state index in [1.807, 2.05) is 30.3 Å². The van der Waals surface area contributed by atoms with E-state index in [2.05, 4.69) is 20.1 Å². The van der Waals surface area contributed by atoms with E-state index in [0.717, 1.165) is 24.0 Å². The lowest BCUT2D eigenvalue weighted by atomic mass is 10.1. The Labute approximate surface area is 104 Å². The van der Waals surface area contributed by atoms with Crippen molar-refractivity contribution in [3.05, 3.63) is 54.8 Å². The first kappa shape index (κ1) is 13.5. The molecule has 0 aliphatic heterocycles. The fourth-order valence-electron chi connectivity index (χ4n) is 1.58. The fraction of sp³-hybridized carbons (Fsp3) is 0.333. The van der Waals surface area contributed by atoms with Crippen LogP contribution in [0.1, 0.15) is 30.9 Å². The van der Waals surface area contributed by atoms with Crippen molar-refractivity contribution >= 4 is 6.08 Å². The van der Waals surface area contributed by atoms with Crippen molar-refractivity contribution in [2.24, 2.45) is 0 Å². The highest BCUT2D eigenvalue weighted by Gasteiger charge is 2.08. The van der Waals surface area contributed by atoms with Crippen LogP contribution in [0.2, 0.25) is 0 Å². The Kier molecular flexibility index (Phi) is 6.12. The van der Waals surface area contributed by atoms with Crippen LogP contribution in [-0.4, -0.2) is 6.29 Å². The Morgan fingerprint density at radius 3 is 2.71 bits per heavy atom. The van der Waals surface area contributed by atoms with Gasteiger partial charge in [-0.2, -0.15) is 0 Å². The zero-order valence-corrected chi connectivity index (χ0v) is 10.4. The van der Waals surface area contributed by atoms with Gasteiger partial charge in [0.1, 0.15) is 0 Å². The molecule has 1 aromatic rings. The molecule has 0 radical (unpaired) electrons. The lowest BCUT2D eigenvalue weighted by Gasteiger charge is -2.17. The normalized spacial score (nSPS) is 11.8. The lowest BCUT2D eigenvalue weighted by Crippen LogP contribution is -2.14. The molecule has 1 atom stereocenters. The van der Waals surface area contributed by atoms with Gasteiger partial charge in [0.25, 0.3) is 0 Å². The molecule has 2 heteroatoms. The number of hydrogen-bond donors (Lipinski definition) is 0. The molecule has 0 aromatic heterocycles. The molecule has 0 saturated heterocycles. The van der Waals surface area contributed by atoms with Crippen LogP contribution in [0.15, 0.2) is 43.7 Å². The molecule has 0 spiro atoms. The van der Waals surface area contributed by atoms with E-state index in [0.29, 0.717) is 6.61 Å². The standard InChI is InChI=1S/C15H20O2/c1-4-9-15(16-6-3)17-12-14-11-8-7-10-13(14)5-2/h5-8,10-11,15H,2-4,9,12H2,1H3. The smallest absolute Gasteiger partial charge is 0.199 e. The molecule has 92 valence electrons. The predicted molar refractivity (Wildman–Crippen MR) is 71.3 cm³/mol. The zero-order chi connectivity index (χ0) is 12.5. The van der Waals surface area contributed by atoms with E-state index < -0.39 is 0 Å². The highest BCUT2D eigenvalue weighted by atomic mass is 16.7. The fourth-order valence-corrected chi connectivity index (χ4v) is 1.58. The van der Waals surface area contributed by atoms with Gasteiger partial charge in [0.05, 0.1) is 12.9 Å². The molecule has 1 rings (SSSR count). The Hall–Kier alpha value is -1.54. The summed E-state index contributed by atoms with van der Waals surface area (Å²) in [6.07, 6.45) is 4.93. The van der Waals surface area contributed by atoms with Crippen LogP contribution in [0.5, 0.6) is 0 Å². The summed E-state index contributed by atoms with van der Waals surface area (Å²) in [5.74, 6) is 0. The summed E-state index contributed by atoms with van der Waals surface area (Å²) in [4.78, 5) is 0. The molecular weight excluding hydrogens is 212 g/mol. The predicted octanol–water partition coefficient (Wildman–Crippen LogP) is 4.13. The van der Waals surface area contributed by atoms with Gasteiger partial charge in [0.15, 0.2) is 6.29 Å². The van der Waals surface area contributed by atoms with E-state index >= 15 is 0 Å². The van der Waals surface area contributed by atoms with Gasteiger partial charge in [-0.25, -0.2) is 0 Å². The molecule has 1 aromatic carbocycles. The minimum Gasteiger partial charge on any atom is -0.473 e. The first-order valence-corrected chi connectivity index (χ1v) is 5.90. The van der Waals surface area contributed by atoms with Crippen LogP contribution in [-0.2, 0) is 16.1 Å². The van der Waals surface area contributed by atoms with Gasteiger partial charge in [0.2, 0.25) is 0 Å². The molecular formula is C15H20O2. The Bertz CT molecular complexity index is 358. The largest absolute Gasteiger partial charge is 0.473 e. The first-order chi connectivity index (χ1) is 8.31. The van der Waals surface area contributed by atoms with Gasteiger partial charge in [-0.3, -0.25) is 0 Å². The number of ether oxygens (including phenoxy) is 2. The van der Waals surface area contributed by atoms with Gasteiger partial charge >= 0.3 is 0 Å². The summed E-state index contributed by atoms with van der Waals surface area (Å²) in [6.45, 7) is 9.97. The molecule has 0 aliphatic carbocycles. The van der Waals surface area contributed by atoms with Crippen LogP contribution >= 0.6 is 0 Å². The minimum absolute atomic E-state index is 0.213. The van der Waals surface area contributed by atoms with Crippen molar-refractivity contribution in [3.8, 4) is 0 Å². The SMILES string of the molecule is C=COC(CCC)OCc1ccccc1C=C. The summed E-state index contributed by atoms with van der Waals surface area (Å²) in [5, 5.41) is 0. The van der Waals surface area contributed by atoms with Gasteiger partial charge in [-0.1, -0.05) is 56.8 Å². The molecule has 1 unspecified atom stereocenters. The lowest BCUT2D eigenvalue weighted by molar-refractivity contribution is -0.118. The van der Waals surface area contributed by atoms with Crippen LogP contribution < -0.4 is 0 Å². The third-order valence-corrected chi connectivity index (χ3v) is 2.47. The maximum atomic E-state index is 5.71. The molecule has 0 saturated carbocycles. The molecule has 0 N–H and O–H groups in total. The molecule has 0 heterocycles. The quantitative estimate of drug-likeness (QED) is 0.495. The molecule has 0 bridgehead atoms. The number of hydrogen-bond acceptors (Lipinski definition) is 2. The monoisotopic (exact) mass is 232 g/mol. The third kappa shape index (κ3) is 4.45. The van der Waals surface area contributed by atoms with Gasteiger partial charge in [-0.05, 0) is 11.1 Å². The highest BCUT2D eigenvalue weighted by molar-refractivity contribution is 5.51. The maximum absolute atomic E-state index is 5.71. The van der Waals surface area contributed by atoms with Crippen molar-refractivity contribution in [2.45, 2.75) is 32.7 Å². The molecule has 17 heavy (non-hydrogen) atoms. The second-order valence-electron chi connectivity index (χ2n) is 3.73. The van der Waals surface area contributed by atoms with Crippen molar-refractivity contribution in [1.29, 1.82) is 0 Å². The third-order valence-electron chi connectivity index (χ3n) is 2.47. The second kappa shape index (κ2) is 7.69. The summed E-state index contributed by atoms with van der Waals surface area (Å²) in [5.41, 5.74) is 2.22. The number of benzene rings is 1. The summed E-state index contributed by atoms with van der Waals surface area (Å²) >= 11 is 0. The minimum atomic E-state index is -0.213. The zero-order valence-electron chi connectivity index (χ0n) is 10.4. The first-order valence-electron chi connectivity index (χ1n) is 5.90. The van der Waals surface area contributed by atoms with Crippen LogP contribution in [0.4, 0.5) is 0 Å². The maximum Gasteiger partial charge on any atom is 0.199 e. The van der Waals surface area contributed by atoms with Crippen LogP contribution in [0, 0.1) is 0 Å². The molecule has 0 fully saturated rings.